The first kappa shape index (κ1) is 21.9. The van der Waals surface area contributed by atoms with E-state index < -0.39 is 11.4 Å². The Bertz CT molecular complexity index is 608. The van der Waals surface area contributed by atoms with Crippen molar-refractivity contribution in [2.45, 2.75) is 0 Å². The fourth-order valence-corrected chi connectivity index (χ4v) is 1.90. The number of ketones is 2. The molecule has 0 fully saturated rings. The van der Waals surface area contributed by atoms with Crippen molar-refractivity contribution in [1.82, 2.24) is 0 Å². The predicted octanol–water partition coefficient (Wildman–Crippen LogP) is -4.59. The second-order valence-electron chi connectivity index (χ2n) is 3.79. The zero-order valence-corrected chi connectivity index (χ0v) is 16.8. The van der Waals surface area contributed by atoms with Gasteiger partial charge in [0, 0.05) is 0 Å². The van der Waals surface area contributed by atoms with Gasteiger partial charge < -0.3 is 18.7 Å². The van der Waals surface area contributed by atoms with Gasteiger partial charge in [-0.05, 0) is 0 Å². The third kappa shape index (κ3) is 4.92. The number of rotatable bonds is 0. The third-order valence-electron chi connectivity index (χ3n) is 2.66. The summed E-state index contributed by atoms with van der Waals surface area (Å²) in [6, 6.07) is 15.6. The van der Waals surface area contributed by atoms with Crippen LogP contribution in [-0.4, -0.2) is 24.9 Å². The number of fused-ring (bicyclic) bond motifs is 2. The summed E-state index contributed by atoms with van der Waals surface area (Å²) in [7, 11) is 0. The van der Waals surface area contributed by atoms with Gasteiger partial charge in [0.2, 0.25) is 0 Å². The SMILES string of the molecule is O=C1c2[c-]cccc2C(=O)c2[c-]cccc21.O=S([O-])O.[Na+].[Na+]. The Labute approximate surface area is 174 Å². The van der Waals surface area contributed by atoms with Gasteiger partial charge in [0.05, 0.1) is 22.9 Å². The molecule has 0 spiro atoms. The first-order chi connectivity index (χ1) is 9.52. The van der Waals surface area contributed by atoms with Gasteiger partial charge in [-0.1, -0.05) is 0 Å². The predicted molar refractivity (Wildman–Crippen MR) is 69.0 cm³/mol. The molecule has 2 aromatic carbocycles. The molecule has 1 aliphatic rings. The normalized spacial score (nSPS) is 12.5. The molecule has 1 aliphatic carbocycles. The summed E-state index contributed by atoms with van der Waals surface area (Å²) >= 11 is -2.86. The maximum absolute atomic E-state index is 12.1. The van der Waals surface area contributed by atoms with Crippen molar-refractivity contribution in [3.8, 4) is 0 Å². The molecular formula is C14H7Na2O5S-. The van der Waals surface area contributed by atoms with Crippen LogP contribution in [0.1, 0.15) is 31.8 Å². The summed E-state index contributed by atoms with van der Waals surface area (Å²) in [6.07, 6.45) is 0. The van der Waals surface area contributed by atoms with Crippen molar-refractivity contribution < 1.29 is 82.0 Å². The molecule has 3 rings (SSSR count). The Hall–Kier alpha value is -0.150. The van der Waals surface area contributed by atoms with E-state index in [0.717, 1.165) is 0 Å². The molecule has 0 aliphatic heterocycles. The summed E-state index contributed by atoms with van der Waals surface area (Å²) in [4.78, 5) is 24.1. The summed E-state index contributed by atoms with van der Waals surface area (Å²) in [5.74, 6) is -0.302. The fourth-order valence-electron chi connectivity index (χ4n) is 1.90. The van der Waals surface area contributed by atoms with Gasteiger partial charge in [-0.25, -0.2) is 4.21 Å². The van der Waals surface area contributed by atoms with E-state index in [-0.39, 0.29) is 70.7 Å². The summed E-state index contributed by atoms with van der Waals surface area (Å²) < 4.78 is 24.1. The first-order valence-electron chi connectivity index (χ1n) is 5.41. The zero-order valence-electron chi connectivity index (χ0n) is 12.0. The summed E-state index contributed by atoms with van der Waals surface area (Å²) in [6.45, 7) is 0. The molecule has 0 bridgehead atoms. The minimum atomic E-state index is -2.86. The van der Waals surface area contributed by atoms with E-state index in [1.54, 1.807) is 36.4 Å². The molecule has 1 N–H and O–H groups in total. The number of carbonyl (C=O) groups is 2. The largest absolute Gasteiger partial charge is 1.00 e. The van der Waals surface area contributed by atoms with Gasteiger partial charge in [0.1, 0.15) is 0 Å². The number of benzene rings is 2. The Morgan fingerprint density at radius 3 is 1.55 bits per heavy atom. The minimum Gasteiger partial charge on any atom is -0.750 e. The topological polar surface area (TPSA) is 94.5 Å². The number of carbonyl (C=O) groups excluding carboxylic acids is 2. The molecular weight excluding hydrogens is 326 g/mol. The van der Waals surface area contributed by atoms with Crippen LogP contribution >= 0.6 is 0 Å². The van der Waals surface area contributed by atoms with Crippen molar-refractivity contribution >= 4 is 22.9 Å². The van der Waals surface area contributed by atoms with Gasteiger partial charge in [-0.3, -0.25) is 0 Å². The van der Waals surface area contributed by atoms with Crippen molar-refractivity contribution in [2.75, 3.05) is 0 Å². The Balaban J connectivity index is 0.000000665. The van der Waals surface area contributed by atoms with E-state index in [4.69, 9.17) is 13.3 Å². The second kappa shape index (κ2) is 9.87. The molecule has 1 atom stereocenters. The Kier molecular flexibility index (Phi) is 9.80. The minimum absolute atomic E-state index is 0. The molecule has 102 valence electrons. The van der Waals surface area contributed by atoms with Gasteiger partial charge in [-0.15, -0.1) is 70.8 Å². The molecule has 22 heavy (non-hydrogen) atoms. The van der Waals surface area contributed by atoms with Gasteiger partial charge in [0.15, 0.2) is 0 Å². The van der Waals surface area contributed by atoms with Gasteiger partial charge in [0.25, 0.3) is 0 Å². The average Bonchev–Trinajstić information content (AvgIpc) is 2.44. The van der Waals surface area contributed by atoms with E-state index in [1.165, 1.54) is 0 Å². The van der Waals surface area contributed by atoms with Crippen molar-refractivity contribution in [3.05, 3.63) is 70.8 Å². The smallest absolute Gasteiger partial charge is 0.750 e. The van der Waals surface area contributed by atoms with Crippen molar-refractivity contribution in [2.24, 2.45) is 0 Å². The third-order valence-corrected chi connectivity index (χ3v) is 2.66. The number of hydrogen-bond donors (Lipinski definition) is 1. The van der Waals surface area contributed by atoms with Gasteiger partial charge in [-0.2, -0.15) is 0 Å². The second-order valence-corrected chi connectivity index (χ2v) is 4.23. The Morgan fingerprint density at radius 1 is 0.909 bits per heavy atom. The number of hydrogen-bond acceptors (Lipinski definition) is 4. The van der Waals surface area contributed by atoms with Crippen molar-refractivity contribution in [1.29, 1.82) is 0 Å². The van der Waals surface area contributed by atoms with E-state index in [9.17, 15) is 9.59 Å². The average molecular weight is 333 g/mol. The maximum atomic E-state index is 12.1. The molecule has 5 nitrogen and oxygen atoms in total. The molecule has 0 aromatic heterocycles. The Morgan fingerprint density at radius 2 is 1.23 bits per heavy atom. The molecule has 0 amide bonds. The molecule has 0 saturated carbocycles. The van der Waals surface area contributed by atoms with Crippen LogP contribution in [0, 0.1) is 12.1 Å². The summed E-state index contributed by atoms with van der Waals surface area (Å²) in [5, 5.41) is 0. The molecule has 1 unspecified atom stereocenters. The van der Waals surface area contributed by atoms with Crippen LogP contribution in [-0.2, 0) is 11.4 Å². The zero-order chi connectivity index (χ0) is 14.7. The van der Waals surface area contributed by atoms with E-state index >= 15 is 0 Å². The molecule has 8 heteroatoms. The molecule has 0 heterocycles. The molecule has 2 aromatic rings. The molecule has 0 saturated heterocycles. The van der Waals surface area contributed by atoms with Crippen LogP contribution in [0.2, 0.25) is 0 Å². The maximum Gasteiger partial charge on any atom is 1.00 e. The fraction of sp³-hybridized carbons (Fsp3) is 0. The van der Waals surface area contributed by atoms with Crippen LogP contribution in [0.3, 0.4) is 0 Å². The van der Waals surface area contributed by atoms with Crippen LogP contribution in [0.25, 0.3) is 0 Å². The van der Waals surface area contributed by atoms with E-state index in [0.29, 0.717) is 22.3 Å². The van der Waals surface area contributed by atoms with Crippen LogP contribution in [0.5, 0.6) is 0 Å². The monoisotopic (exact) mass is 333 g/mol. The van der Waals surface area contributed by atoms with Gasteiger partial charge >= 0.3 is 59.1 Å². The van der Waals surface area contributed by atoms with E-state index in [1.807, 2.05) is 0 Å². The first-order valence-corrected chi connectivity index (χ1v) is 6.44. The van der Waals surface area contributed by atoms with Crippen LogP contribution in [0.15, 0.2) is 36.4 Å². The van der Waals surface area contributed by atoms with Crippen LogP contribution in [0.4, 0.5) is 0 Å². The quantitative estimate of drug-likeness (QED) is 0.254. The summed E-state index contributed by atoms with van der Waals surface area (Å²) in [5.41, 5.74) is 1.56. The van der Waals surface area contributed by atoms with Crippen LogP contribution < -0.4 is 59.1 Å². The molecule has 0 radical (unpaired) electrons. The van der Waals surface area contributed by atoms with E-state index in [2.05, 4.69) is 12.1 Å². The van der Waals surface area contributed by atoms with Crippen molar-refractivity contribution in [3.63, 3.8) is 0 Å². The standard InChI is InChI=1S/C14H6O2.2Na.H2O3S/c15-13-9-5-1-2-6-10(9)14(16)12-8-4-3-7-11(12)13;;;1-4(2)3/h1-5,8H;;;(H2,1,2,3)/q-2;2*+1;/p-1.